The van der Waals surface area contributed by atoms with Gasteiger partial charge in [0.2, 0.25) is 0 Å². The molecule has 6 heteroatoms. The molecule has 0 spiro atoms. The number of ether oxygens (including phenoxy) is 1. The summed E-state index contributed by atoms with van der Waals surface area (Å²) >= 11 is 0. The number of carboxylic acids is 1. The Balaban J connectivity index is 2.02. The summed E-state index contributed by atoms with van der Waals surface area (Å²) in [5, 5.41) is 14.5. The summed E-state index contributed by atoms with van der Waals surface area (Å²) in [6.07, 6.45) is 0.712. The van der Waals surface area contributed by atoms with Gasteiger partial charge >= 0.3 is 12.0 Å². The fourth-order valence-corrected chi connectivity index (χ4v) is 2.14. The lowest BCUT2D eigenvalue weighted by molar-refractivity contribution is -0.139. The molecule has 20 heavy (non-hydrogen) atoms. The minimum absolute atomic E-state index is 0.434. The highest BCUT2D eigenvalue weighted by Crippen LogP contribution is 2.18. The third-order valence-corrected chi connectivity index (χ3v) is 3.29. The second-order valence-corrected chi connectivity index (χ2v) is 5.14. The summed E-state index contributed by atoms with van der Waals surface area (Å²) in [5.41, 5.74) is 0.0899. The van der Waals surface area contributed by atoms with E-state index in [4.69, 9.17) is 4.74 Å². The lowest BCUT2D eigenvalue weighted by Crippen LogP contribution is -2.52. The summed E-state index contributed by atoms with van der Waals surface area (Å²) in [6.45, 7) is 2.90. The van der Waals surface area contributed by atoms with Crippen molar-refractivity contribution < 1.29 is 19.4 Å². The van der Waals surface area contributed by atoms with Crippen molar-refractivity contribution in [3.63, 3.8) is 0 Å². The molecule has 1 aliphatic rings. The minimum atomic E-state index is -1.10. The fourth-order valence-electron chi connectivity index (χ4n) is 2.14. The lowest BCUT2D eigenvalue weighted by Gasteiger charge is -2.25. The molecule has 0 aliphatic carbocycles. The molecule has 0 saturated carbocycles. The monoisotopic (exact) mass is 278 g/mol. The van der Waals surface area contributed by atoms with E-state index < -0.39 is 23.6 Å². The van der Waals surface area contributed by atoms with Gasteiger partial charge in [-0.05, 0) is 18.9 Å². The van der Waals surface area contributed by atoms with Crippen molar-refractivity contribution >= 4 is 12.0 Å². The molecular weight excluding hydrogens is 260 g/mol. The van der Waals surface area contributed by atoms with Gasteiger partial charge in [0.1, 0.15) is 0 Å². The Morgan fingerprint density at radius 2 is 2.05 bits per heavy atom. The number of amides is 2. The van der Waals surface area contributed by atoms with Crippen LogP contribution >= 0.6 is 0 Å². The molecule has 0 bridgehead atoms. The highest BCUT2D eigenvalue weighted by molar-refractivity contribution is 5.84. The number of rotatable bonds is 4. The fraction of sp³-hybridized carbons (Fsp3) is 0.429. The van der Waals surface area contributed by atoms with E-state index in [0.717, 1.165) is 0 Å². The van der Waals surface area contributed by atoms with E-state index in [-0.39, 0.29) is 0 Å². The van der Waals surface area contributed by atoms with Crippen LogP contribution < -0.4 is 10.6 Å². The predicted molar refractivity (Wildman–Crippen MR) is 72.3 cm³/mol. The molecule has 1 heterocycles. The van der Waals surface area contributed by atoms with Crippen molar-refractivity contribution in [1.82, 2.24) is 10.6 Å². The van der Waals surface area contributed by atoms with Gasteiger partial charge in [0, 0.05) is 6.61 Å². The van der Waals surface area contributed by atoms with Gasteiger partial charge in [-0.15, -0.1) is 0 Å². The quantitative estimate of drug-likeness (QED) is 0.774. The van der Waals surface area contributed by atoms with Gasteiger partial charge in [0.25, 0.3) is 0 Å². The van der Waals surface area contributed by atoms with E-state index in [2.05, 4.69) is 10.6 Å². The van der Waals surface area contributed by atoms with Crippen LogP contribution in [-0.4, -0.2) is 35.9 Å². The van der Waals surface area contributed by atoms with E-state index >= 15 is 0 Å². The van der Waals surface area contributed by atoms with Gasteiger partial charge < -0.3 is 20.5 Å². The maximum atomic E-state index is 12.0. The zero-order chi connectivity index (χ0) is 14.6. The summed E-state index contributed by atoms with van der Waals surface area (Å²) in [7, 11) is 0. The maximum absolute atomic E-state index is 12.0. The third-order valence-electron chi connectivity index (χ3n) is 3.29. The number of carbonyl (C=O) groups excluding carboxylic acids is 1. The average Bonchev–Trinajstić information content (AvgIpc) is 2.83. The second-order valence-electron chi connectivity index (χ2n) is 5.14. The molecule has 1 saturated heterocycles. The van der Waals surface area contributed by atoms with Crippen LogP contribution in [0.1, 0.15) is 24.9 Å². The first kappa shape index (κ1) is 14.3. The number of nitrogens with one attached hydrogen (secondary N) is 2. The molecule has 6 nitrogen and oxygen atoms in total. The van der Waals surface area contributed by atoms with Gasteiger partial charge in [-0.1, -0.05) is 30.3 Å². The SMILES string of the molecule is CC1(NC(=O)NC(C(=O)O)c2ccccc2)CCOC1. The summed E-state index contributed by atoms with van der Waals surface area (Å²) in [5.74, 6) is -1.10. The molecule has 1 aromatic rings. The number of carbonyl (C=O) groups is 2. The number of urea groups is 1. The predicted octanol–water partition coefficient (Wildman–Crippen LogP) is 1.29. The molecule has 108 valence electrons. The van der Waals surface area contributed by atoms with Crippen LogP contribution in [0.2, 0.25) is 0 Å². The smallest absolute Gasteiger partial charge is 0.330 e. The van der Waals surface area contributed by atoms with Crippen molar-refractivity contribution in [2.75, 3.05) is 13.2 Å². The molecule has 2 rings (SSSR count). The molecule has 0 aromatic heterocycles. The van der Waals surface area contributed by atoms with Crippen LogP contribution in [-0.2, 0) is 9.53 Å². The number of benzene rings is 1. The molecule has 2 atom stereocenters. The topological polar surface area (TPSA) is 87.7 Å². The zero-order valence-electron chi connectivity index (χ0n) is 11.3. The van der Waals surface area contributed by atoms with Crippen molar-refractivity contribution in [3.8, 4) is 0 Å². The molecular formula is C14H18N2O4. The summed E-state index contributed by atoms with van der Waals surface area (Å²) in [4.78, 5) is 23.2. The normalized spacial score (nSPS) is 23.1. The van der Waals surface area contributed by atoms with Crippen molar-refractivity contribution in [1.29, 1.82) is 0 Å². The van der Waals surface area contributed by atoms with E-state index in [1.54, 1.807) is 30.3 Å². The van der Waals surface area contributed by atoms with Crippen LogP contribution in [0.4, 0.5) is 4.79 Å². The Bertz CT molecular complexity index is 483. The Hall–Kier alpha value is -2.08. The molecule has 1 fully saturated rings. The van der Waals surface area contributed by atoms with Crippen LogP contribution in [0, 0.1) is 0 Å². The van der Waals surface area contributed by atoms with Crippen molar-refractivity contribution in [3.05, 3.63) is 35.9 Å². The largest absolute Gasteiger partial charge is 0.479 e. The van der Waals surface area contributed by atoms with Crippen LogP contribution in [0.15, 0.2) is 30.3 Å². The first-order valence-electron chi connectivity index (χ1n) is 6.44. The van der Waals surface area contributed by atoms with E-state index in [1.807, 2.05) is 6.92 Å². The molecule has 2 unspecified atom stereocenters. The Morgan fingerprint density at radius 1 is 1.35 bits per heavy atom. The second kappa shape index (κ2) is 5.92. The minimum Gasteiger partial charge on any atom is -0.479 e. The first-order chi connectivity index (χ1) is 9.50. The van der Waals surface area contributed by atoms with Gasteiger partial charge in [-0.25, -0.2) is 9.59 Å². The van der Waals surface area contributed by atoms with Gasteiger partial charge in [0.15, 0.2) is 6.04 Å². The zero-order valence-corrected chi connectivity index (χ0v) is 11.3. The summed E-state index contributed by atoms with van der Waals surface area (Å²) < 4.78 is 5.24. The average molecular weight is 278 g/mol. The molecule has 1 aromatic carbocycles. The molecule has 3 N–H and O–H groups in total. The van der Waals surface area contributed by atoms with Crippen molar-refractivity contribution in [2.45, 2.75) is 24.9 Å². The number of carboxylic acid groups (broad SMARTS) is 1. The van der Waals surface area contributed by atoms with Crippen LogP contribution in [0.5, 0.6) is 0 Å². The van der Waals surface area contributed by atoms with Gasteiger partial charge in [-0.2, -0.15) is 0 Å². The maximum Gasteiger partial charge on any atom is 0.330 e. The Kier molecular flexibility index (Phi) is 4.24. The van der Waals surface area contributed by atoms with Crippen LogP contribution in [0.3, 0.4) is 0 Å². The van der Waals surface area contributed by atoms with E-state index in [0.29, 0.717) is 25.2 Å². The highest BCUT2D eigenvalue weighted by atomic mass is 16.5. The number of hydrogen-bond donors (Lipinski definition) is 3. The lowest BCUT2D eigenvalue weighted by atomic mass is 10.0. The summed E-state index contributed by atoms with van der Waals surface area (Å²) in [6, 6.07) is 7.02. The molecule has 0 radical (unpaired) electrons. The van der Waals surface area contributed by atoms with E-state index in [1.165, 1.54) is 0 Å². The van der Waals surface area contributed by atoms with Crippen molar-refractivity contribution in [2.24, 2.45) is 0 Å². The Morgan fingerprint density at radius 3 is 2.60 bits per heavy atom. The standard InChI is InChI=1S/C14H18N2O4/c1-14(7-8-20-9-14)16-13(19)15-11(12(17)18)10-5-3-2-4-6-10/h2-6,11H,7-9H2,1H3,(H,17,18)(H2,15,16,19). The number of hydrogen-bond acceptors (Lipinski definition) is 3. The first-order valence-corrected chi connectivity index (χ1v) is 6.44. The Labute approximate surface area is 117 Å². The van der Waals surface area contributed by atoms with E-state index in [9.17, 15) is 14.7 Å². The molecule has 2 amide bonds. The number of aliphatic carboxylic acids is 1. The third kappa shape index (κ3) is 3.48. The van der Waals surface area contributed by atoms with Gasteiger partial charge in [-0.3, -0.25) is 0 Å². The van der Waals surface area contributed by atoms with Gasteiger partial charge in [0.05, 0.1) is 12.1 Å². The van der Waals surface area contributed by atoms with Crippen LogP contribution in [0.25, 0.3) is 0 Å². The molecule has 1 aliphatic heterocycles. The highest BCUT2D eigenvalue weighted by Gasteiger charge is 2.32.